The molecule has 1 aromatic heterocycles. The number of rotatable bonds is 6. The van der Waals surface area contributed by atoms with Crippen LogP contribution in [0.15, 0.2) is 47.5 Å². The average Bonchev–Trinajstić information content (AvgIpc) is 3.25. The highest BCUT2D eigenvalue weighted by atomic mass is 19.1. The molecule has 3 aromatic rings. The summed E-state index contributed by atoms with van der Waals surface area (Å²) in [5.41, 5.74) is 8.50. The first kappa shape index (κ1) is 27.3. The molecule has 1 aliphatic heterocycles. The van der Waals surface area contributed by atoms with Crippen LogP contribution in [-0.2, 0) is 11.3 Å². The Morgan fingerprint density at radius 2 is 1.79 bits per heavy atom. The summed E-state index contributed by atoms with van der Waals surface area (Å²) >= 11 is 0. The van der Waals surface area contributed by atoms with Gasteiger partial charge in [0.1, 0.15) is 5.82 Å². The number of hydrogen-bond acceptors (Lipinski definition) is 4. The lowest BCUT2D eigenvalue weighted by Crippen LogP contribution is -2.41. The third kappa shape index (κ3) is 6.15. The molecule has 2 aromatic carbocycles. The van der Waals surface area contributed by atoms with E-state index in [1.165, 1.54) is 18.2 Å². The molecular formula is C30H38FN5O3. The van der Waals surface area contributed by atoms with Gasteiger partial charge in [-0.1, -0.05) is 12.1 Å². The molecule has 8 nitrogen and oxygen atoms in total. The summed E-state index contributed by atoms with van der Waals surface area (Å²) in [5.74, 6) is -1.10. The van der Waals surface area contributed by atoms with Crippen LogP contribution in [0.25, 0.3) is 11.0 Å². The molecule has 5 rings (SSSR count). The normalized spacial score (nSPS) is 21.9. The van der Waals surface area contributed by atoms with Gasteiger partial charge in [0.2, 0.25) is 11.5 Å². The number of carbonyl (C=O) groups is 2. The second-order valence-electron chi connectivity index (χ2n) is 11.7. The highest BCUT2D eigenvalue weighted by Gasteiger charge is 2.31. The first-order chi connectivity index (χ1) is 18.6. The SMILES string of the molecule is CC(C)(O)C1CCN(Cc2ccc3[nH]/c(=N\C(=O)c4cccc(F)c4)n([C@H]4CC[C@@H](C(N)=O)CC4)c3c2)CC1. The number of piperidine rings is 1. The molecule has 0 spiro atoms. The number of nitrogens with zero attached hydrogens (tertiary/aromatic N) is 3. The predicted octanol–water partition coefficient (Wildman–Crippen LogP) is 4.05. The van der Waals surface area contributed by atoms with Crippen LogP contribution in [0.1, 0.15) is 74.3 Å². The van der Waals surface area contributed by atoms with E-state index in [0.717, 1.165) is 61.9 Å². The van der Waals surface area contributed by atoms with Crippen molar-refractivity contribution >= 4 is 22.8 Å². The van der Waals surface area contributed by atoms with Crippen molar-refractivity contribution in [3.05, 3.63) is 65.0 Å². The Bertz CT molecular complexity index is 1420. The monoisotopic (exact) mass is 535 g/mol. The van der Waals surface area contributed by atoms with Gasteiger partial charge in [0, 0.05) is 24.1 Å². The van der Waals surface area contributed by atoms with Crippen LogP contribution in [0.5, 0.6) is 0 Å². The van der Waals surface area contributed by atoms with Crippen molar-refractivity contribution in [2.45, 2.75) is 70.6 Å². The fourth-order valence-electron chi connectivity index (χ4n) is 6.18. The molecule has 1 saturated carbocycles. The van der Waals surface area contributed by atoms with E-state index in [2.05, 4.69) is 31.6 Å². The molecule has 9 heteroatoms. The number of aliphatic hydroxyl groups is 1. The van der Waals surface area contributed by atoms with Crippen LogP contribution < -0.4 is 11.4 Å². The third-order valence-corrected chi connectivity index (χ3v) is 8.53. The Labute approximate surface area is 227 Å². The van der Waals surface area contributed by atoms with E-state index in [0.29, 0.717) is 24.4 Å². The lowest BCUT2D eigenvalue weighted by molar-refractivity contribution is -0.122. The molecule has 0 bridgehead atoms. The molecule has 0 radical (unpaired) electrons. The number of likely N-dealkylation sites (tertiary alicyclic amines) is 1. The first-order valence-corrected chi connectivity index (χ1v) is 13.9. The number of hydrogen-bond donors (Lipinski definition) is 3. The molecule has 4 N–H and O–H groups in total. The standard InChI is InChI=1S/C30H38FN5O3/c1-30(2,39)22-12-14-35(15-13-22)18-19-6-11-25-26(16-19)36(24-9-7-20(8-10-24)27(32)37)29(33-25)34-28(38)21-4-3-5-23(31)17-21/h3-6,11,16-17,20,22,24,39H,7-10,12-15,18H2,1-2H3,(H2,32,37)(H,33,34,38)/t20-,24+. The van der Waals surface area contributed by atoms with Crippen LogP contribution in [0, 0.1) is 17.7 Å². The minimum absolute atomic E-state index is 0.0474. The van der Waals surface area contributed by atoms with E-state index in [1.54, 1.807) is 6.07 Å². The number of amides is 2. The number of nitrogens with one attached hydrogen (secondary N) is 1. The van der Waals surface area contributed by atoms with Crippen molar-refractivity contribution in [3.63, 3.8) is 0 Å². The zero-order valence-corrected chi connectivity index (χ0v) is 22.7. The van der Waals surface area contributed by atoms with Gasteiger partial charge in [-0.05, 0) is 107 Å². The zero-order chi connectivity index (χ0) is 27.7. The number of halogens is 1. The molecule has 0 unspecified atom stereocenters. The van der Waals surface area contributed by atoms with Crippen molar-refractivity contribution in [1.82, 2.24) is 14.5 Å². The average molecular weight is 536 g/mol. The number of imidazole rings is 1. The summed E-state index contributed by atoms with van der Waals surface area (Å²) in [7, 11) is 0. The topological polar surface area (TPSA) is 117 Å². The lowest BCUT2D eigenvalue weighted by Gasteiger charge is -2.37. The number of benzene rings is 2. The lowest BCUT2D eigenvalue weighted by atomic mass is 9.83. The van der Waals surface area contributed by atoms with Crippen molar-refractivity contribution in [2.24, 2.45) is 22.6 Å². The van der Waals surface area contributed by atoms with Gasteiger partial charge < -0.3 is 20.4 Å². The Morgan fingerprint density at radius 1 is 1.08 bits per heavy atom. The maximum atomic E-state index is 13.8. The maximum Gasteiger partial charge on any atom is 0.280 e. The molecule has 2 heterocycles. The fourth-order valence-corrected chi connectivity index (χ4v) is 6.18. The predicted molar refractivity (Wildman–Crippen MR) is 147 cm³/mol. The molecule has 39 heavy (non-hydrogen) atoms. The van der Waals surface area contributed by atoms with Crippen LogP contribution in [0.4, 0.5) is 4.39 Å². The van der Waals surface area contributed by atoms with Gasteiger partial charge in [-0.15, -0.1) is 0 Å². The molecular weight excluding hydrogens is 497 g/mol. The summed E-state index contributed by atoms with van der Waals surface area (Å²) in [4.78, 5) is 34.9. The summed E-state index contributed by atoms with van der Waals surface area (Å²) in [6, 6.07) is 11.9. The van der Waals surface area contributed by atoms with E-state index in [1.807, 2.05) is 19.9 Å². The van der Waals surface area contributed by atoms with Gasteiger partial charge in [-0.25, -0.2) is 4.39 Å². The largest absolute Gasteiger partial charge is 0.390 e. The molecule has 1 aliphatic carbocycles. The Balaban J connectivity index is 1.46. The van der Waals surface area contributed by atoms with Gasteiger partial charge in [0.25, 0.3) is 5.91 Å². The number of aromatic nitrogens is 2. The first-order valence-electron chi connectivity index (χ1n) is 13.9. The van der Waals surface area contributed by atoms with Gasteiger partial charge >= 0.3 is 0 Å². The Hall–Kier alpha value is -3.30. The van der Waals surface area contributed by atoms with E-state index < -0.39 is 17.3 Å². The van der Waals surface area contributed by atoms with Gasteiger partial charge in [-0.3, -0.25) is 14.5 Å². The molecule has 208 valence electrons. The van der Waals surface area contributed by atoms with Gasteiger partial charge in [-0.2, -0.15) is 4.99 Å². The highest BCUT2D eigenvalue weighted by molar-refractivity contribution is 5.95. The second-order valence-corrected chi connectivity index (χ2v) is 11.7. The summed E-state index contributed by atoms with van der Waals surface area (Å²) in [6.07, 6.45) is 4.79. The van der Waals surface area contributed by atoms with Crippen LogP contribution in [-0.4, -0.2) is 50.1 Å². The molecule has 1 saturated heterocycles. The number of aromatic amines is 1. The van der Waals surface area contributed by atoms with E-state index >= 15 is 0 Å². The van der Waals surface area contributed by atoms with E-state index in [4.69, 9.17) is 5.73 Å². The summed E-state index contributed by atoms with van der Waals surface area (Å²) < 4.78 is 15.8. The van der Waals surface area contributed by atoms with Gasteiger partial charge in [0.15, 0.2) is 0 Å². The highest BCUT2D eigenvalue weighted by Crippen LogP contribution is 2.34. The van der Waals surface area contributed by atoms with Crippen LogP contribution in [0.2, 0.25) is 0 Å². The van der Waals surface area contributed by atoms with Crippen molar-refractivity contribution in [1.29, 1.82) is 0 Å². The molecule has 2 fully saturated rings. The van der Waals surface area contributed by atoms with E-state index in [9.17, 15) is 19.1 Å². The number of H-pyrrole nitrogens is 1. The minimum atomic E-state index is -0.655. The van der Waals surface area contributed by atoms with E-state index in [-0.39, 0.29) is 23.4 Å². The smallest absolute Gasteiger partial charge is 0.280 e. The van der Waals surface area contributed by atoms with Crippen molar-refractivity contribution in [2.75, 3.05) is 13.1 Å². The fraction of sp³-hybridized carbons (Fsp3) is 0.500. The Morgan fingerprint density at radius 3 is 2.44 bits per heavy atom. The summed E-state index contributed by atoms with van der Waals surface area (Å²) in [5, 5.41) is 10.4. The Kier molecular flexibility index (Phi) is 7.73. The minimum Gasteiger partial charge on any atom is -0.390 e. The quantitative estimate of drug-likeness (QED) is 0.442. The summed E-state index contributed by atoms with van der Waals surface area (Å²) in [6.45, 7) is 6.44. The van der Waals surface area contributed by atoms with Crippen molar-refractivity contribution < 1.29 is 19.1 Å². The van der Waals surface area contributed by atoms with Crippen LogP contribution in [0.3, 0.4) is 0 Å². The zero-order valence-electron chi connectivity index (χ0n) is 22.7. The molecule has 2 aliphatic rings. The third-order valence-electron chi connectivity index (χ3n) is 8.53. The molecule has 0 atom stereocenters. The van der Waals surface area contributed by atoms with Crippen molar-refractivity contribution in [3.8, 4) is 0 Å². The van der Waals surface area contributed by atoms with Crippen LogP contribution >= 0.6 is 0 Å². The van der Waals surface area contributed by atoms with Gasteiger partial charge in [0.05, 0.1) is 16.6 Å². The number of fused-ring (bicyclic) bond motifs is 1. The number of nitrogens with two attached hydrogens (primary N) is 1. The number of carbonyl (C=O) groups excluding carboxylic acids is 2. The second kappa shape index (κ2) is 11.1. The maximum absolute atomic E-state index is 13.8. The molecule has 2 amide bonds. The number of primary amides is 1.